The van der Waals surface area contributed by atoms with E-state index in [0.29, 0.717) is 36.6 Å². The van der Waals surface area contributed by atoms with Crippen molar-refractivity contribution in [1.29, 1.82) is 0 Å². The van der Waals surface area contributed by atoms with Crippen molar-refractivity contribution in [2.45, 2.75) is 97.1 Å². The average molecular weight is 624 g/mol. The molecule has 3 aromatic rings. The van der Waals surface area contributed by atoms with Gasteiger partial charge in [0.05, 0.1) is 18.2 Å². The van der Waals surface area contributed by atoms with Crippen LogP contribution in [0.15, 0.2) is 53.5 Å². The van der Waals surface area contributed by atoms with E-state index in [-0.39, 0.29) is 41.1 Å². The third kappa shape index (κ3) is 6.64. The Hall–Kier alpha value is -4.09. The van der Waals surface area contributed by atoms with E-state index < -0.39 is 17.4 Å². The maximum atomic E-state index is 14.4. The molecule has 1 fully saturated rings. The van der Waals surface area contributed by atoms with E-state index in [4.69, 9.17) is 4.99 Å². The summed E-state index contributed by atoms with van der Waals surface area (Å²) in [4.78, 5) is 34.0. The van der Waals surface area contributed by atoms with Crippen molar-refractivity contribution >= 4 is 17.5 Å². The number of alkyl halides is 3. The topological polar surface area (TPSA) is 116 Å². The Morgan fingerprint density at radius 1 is 1.11 bits per heavy atom. The van der Waals surface area contributed by atoms with Gasteiger partial charge in [-0.25, -0.2) is 0 Å². The first-order chi connectivity index (χ1) is 21.4. The van der Waals surface area contributed by atoms with Crippen molar-refractivity contribution in [2.24, 2.45) is 16.3 Å². The van der Waals surface area contributed by atoms with Gasteiger partial charge in [-0.2, -0.15) is 18.4 Å². The maximum Gasteiger partial charge on any atom is 0.416 e. The van der Waals surface area contributed by atoms with Crippen molar-refractivity contribution in [3.63, 3.8) is 0 Å². The third-order valence-electron chi connectivity index (χ3n) is 9.68. The van der Waals surface area contributed by atoms with Gasteiger partial charge in [0.1, 0.15) is 11.4 Å². The highest BCUT2D eigenvalue weighted by molar-refractivity contribution is 6.46. The molecule has 2 aromatic carbocycles. The number of benzene rings is 2. The van der Waals surface area contributed by atoms with Gasteiger partial charge < -0.3 is 10.2 Å². The summed E-state index contributed by atoms with van der Waals surface area (Å²) in [6, 6.07) is 11.6. The number of carbonyl (C=O) groups excluding carboxylic acids is 2. The Balaban J connectivity index is 1.48. The summed E-state index contributed by atoms with van der Waals surface area (Å²) in [5, 5.41) is 16.2. The first-order valence-corrected chi connectivity index (χ1v) is 15.6. The van der Waals surface area contributed by atoms with Crippen molar-refractivity contribution < 1.29 is 22.8 Å². The third-order valence-corrected chi connectivity index (χ3v) is 9.68. The molecule has 1 aliphatic carbocycles. The Morgan fingerprint density at radius 3 is 2.42 bits per heavy atom. The number of aliphatic imine (C=N–C) groups is 1. The predicted octanol–water partition coefficient (Wildman–Crippen LogP) is 6.64. The quantitative estimate of drug-likeness (QED) is 0.263. The van der Waals surface area contributed by atoms with Gasteiger partial charge in [0.15, 0.2) is 5.82 Å². The monoisotopic (exact) mass is 623 g/mol. The van der Waals surface area contributed by atoms with Gasteiger partial charge in [0, 0.05) is 11.1 Å². The largest absolute Gasteiger partial charge is 0.416 e. The zero-order valence-electron chi connectivity index (χ0n) is 26.1. The molecule has 0 radical (unpaired) electrons. The number of amides is 2. The van der Waals surface area contributed by atoms with E-state index in [1.54, 1.807) is 12.1 Å². The van der Waals surface area contributed by atoms with Crippen LogP contribution in [-0.2, 0) is 17.5 Å². The molecule has 1 unspecified atom stereocenters. The van der Waals surface area contributed by atoms with E-state index in [2.05, 4.69) is 46.7 Å². The van der Waals surface area contributed by atoms with Crippen molar-refractivity contribution in [2.75, 3.05) is 0 Å². The molecule has 2 amide bonds. The normalized spacial score (nSPS) is 21.2. The fourth-order valence-corrected chi connectivity index (χ4v) is 6.67. The highest BCUT2D eigenvalue weighted by Gasteiger charge is 2.53. The van der Waals surface area contributed by atoms with Crippen molar-refractivity contribution in [3.05, 3.63) is 76.6 Å². The molecule has 0 bridgehead atoms. The molecule has 45 heavy (non-hydrogen) atoms. The Labute approximate surface area is 261 Å². The number of aromatic nitrogens is 4. The molecule has 5 rings (SSSR count). The van der Waals surface area contributed by atoms with Crippen LogP contribution in [0, 0.1) is 11.3 Å². The fourth-order valence-electron chi connectivity index (χ4n) is 6.67. The second-order valence-corrected chi connectivity index (χ2v) is 12.8. The highest BCUT2D eigenvalue weighted by atomic mass is 19.4. The number of nitrogens with zero attached hydrogens (tertiary/aromatic N) is 5. The lowest BCUT2D eigenvalue weighted by Gasteiger charge is -2.48. The number of nitrogens with one attached hydrogen (secondary N) is 2. The highest BCUT2D eigenvalue weighted by Crippen LogP contribution is 2.50. The summed E-state index contributed by atoms with van der Waals surface area (Å²) in [5.74, 6) is 0.143. The number of tetrazole rings is 1. The van der Waals surface area contributed by atoms with E-state index in [0.717, 1.165) is 43.4 Å². The molecule has 2 aliphatic rings. The molecule has 1 saturated carbocycles. The molecule has 240 valence electrons. The van der Waals surface area contributed by atoms with Gasteiger partial charge in [0.2, 0.25) is 0 Å². The van der Waals surface area contributed by atoms with Crippen LogP contribution in [-0.4, -0.2) is 48.7 Å². The molecule has 0 saturated heterocycles. The molecule has 2 N–H and O–H groups in total. The molecular formula is C33H40F3N7O2. The summed E-state index contributed by atoms with van der Waals surface area (Å²) in [7, 11) is 0. The zero-order chi connectivity index (χ0) is 32.4. The average Bonchev–Trinajstić information content (AvgIpc) is 3.65. The SMILES string of the molecule is CCCC(c1ccc(C(=O)NCc2nn[nH]n2)cc1)N1C(=O)C(c2cccc(C(F)(F)F)c2)=NC12CCC(C(C)(C)CC)CC2. The molecular weight excluding hydrogens is 583 g/mol. The van der Waals surface area contributed by atoms with Crippen LogP contribution < -0.4 is 5.32 Å². The lowest BCUT2D eigenvalue weighted by atomic mass is 9.67. The lowest BCUT2D eigenvalue weighted by Crippen LogP contribution is -2.51. The molecule has 2 heterocycles. The van der Waals surface area contributed by atoms with Gasteiger partial charge >= 0.3 is 6.18 Å². The van der Waals surface area contributed by atoms with E-state index in [1.807, 2.05) is 24.0 Å². The van der Waals surface area contributed by atoms with Gasteiger partial charge in [-0.15, -0.1) is 10.2 Å². The van der Waals surface area contributed by atoms with Crippen LogP contribution in [0.5, 0.6) is 0 Å². The molecule has 1 aliphatic heterocycles. The predicted molar refractivity (Wildman–Crippen MR) is 163 cm³/mol. The fraction of sp³-hybridized carbons (Fsp3) is 0.515. The number of hydrogen-bond donors (Lipinski definition) is 2. The molecule has 1 spiro atoms. The molecule has 12 heteroatoms. The van der Waals surface area contributed by atoms with Crippen LogP contribution in [0.4, 0.5) is 13.2 Å². The number of H-pyrrole nitrogens is 1. The van der Waals surface area contributed by atoms with Crippen LogP contribution in [0.1, 0.15) is 112 Å². The summed E-state index contributed by atoms with van der Waals surface area (Å²) in [5.41, 5.74) is -0.00863. The standard InChI is InChI=1S/C33H40F3N7O2/c1-5-8-26(21-11-13-22(14-12-21)29(44)37-20-27-39-41-42-40-27)43-30(45)28(23-9-7-10-25(19-23)33(34,35)36)38-32(43)17-15-24(16-18-32)31(3,4)6-2/h7,9-14,19,24,26H,5-6,8,15-18,20H2,1-4H3,(H,37,44)(H,39,40,41,42). The molecule has 1 aromatic heterocycles. The zero-order valence-corrected chi connectivity index (χ0v) is 26.1. The summed E-state index contributed by atoms with van der Waals surface area (Å²) in [6.07, 6.45) is 0.875. The maximum absolute atomic E-state index is 14.4. The molecule has 9 nitrogen and oxygen atoms in total. The first kappa shape index (κ1) is 32.3. The van der Waals surface area contributed by atoms with Gasteiger partial charge in [-0.05, 0) is 73.3 Å². The second-order valence-electron chi connectivity index (χ2n) is 12.8. The minimum absolute atomic E-state index is 0.0767. The summed E-state index contributed by atoms with van der Waals surface area (Å²) >= 11 is 0. The van der Waals surface area contributed by atoms with Crippen molar-refractivity contribution in [3.8, 4) is 0 Å². The lowest BCUT2D eigenvalue weighted by molar-refractivity contribution is -0.137. The van der Waals surface area contributed by atoms with Gasteiger partial charge in [-0.3, -0.25) is 14.6 Å². The van der Waals surface area contributed by atoms with Crippen molar-refractivity contribution in [1.82, 2.24) is 30.8 Å². The Kier molecular flexibility index (Phi) is 9.14. The van der Waals surface area contributed by atoms with Crippen LogP contribution in [0.3, 0.4) is 0 Å². The molecule has 1 atom stereocenters. The Morgan fingerprint density at radius 2 is 1.82 bits per heavy atom. The second kappa shape index (κ2) is 12.7. The first-order valence-electron chi connectivity index (χ1n) is 15.6. The van der Waals surface area contributed by atoms with Gasteiger partial charge in [0.25, 0.3) is 11.8 Å². The smallest absolute Gasteiger partial charge is 0.345 e. The minimum atomic E-state index is -4.54. The van der Waals surface area contributed by atoms with E-state index in [9.17, 15) is 22.8 Å². The van der Waals surface area contributed by atoms with Gasteiger partial charge in [-0.1, -0.05) is 70.0 Å². The van der Waals surface area contributed by atoms with Crippen LogP contribution >= 0.6 is 0 Å². The number of carbonyl (C=O) groups is 2. The minimum Gasteiger partial charge on any atom is -0.345 e. The van der Waals surface area contributed by atoms with E-state index >= 15 is 0 Å². The number of hydrogen-bond acceptors (Lipinski definition) is 6. The van der Waals surface area contributed by atoms with Crippen LogP contribution in [0.2, 0.25) is 0 Å². The number of aromatic amines is 1. The van der Waals surface area contributed by atoms with Crippen LogP contribution in [0.25, 0.3) is 0 Å². The van der Waals surface area contributed by atoms with E-state index in [1.165, 1.54) is 12.1 Å². The Bertz CT molecular complexity index is 1530. The number of rotatable bonds is 10. The summed E-state index contributed by atoms with van der Waals surface area (Å²) in [6.45, 7) is 8.88. The summed E-state index contributed by atoms with van der Waals surface area (Å²) < 4.78 is 41.0. The number of halogens is 3.